The summed E-state index contributed by atoms with van der Waals surface area (Å²) in [6.07, 6.45) is 0. The Hall–Kier alpha value is -3.14. The largest absolute Gasteiger partial charge is 0.310 e. The van der Waals surface area contributed by atoms with Gasteiger partial charge in [0.15, 0.2) is 0 Å². The number of hydrogen-bond acceptors (Lipinski definition) is 2. The van der Waals surface area contributed by atoms with Crippen LogP contribution < -0.4 is 9.80 Å². The van der Waals surface area contributed by atoms with Crippen molar-refractivity contribution in [2.24, 2.45) is 0 Å². The normalized spacial score (nSPS) is 10.8. The van der Waals surface area contributed by atoms with Gasteiger partial charge in [0.25, 0.3) is 0 Å². The van der Waals surface area contributed by atoms with E-state index in [2.05, 4.69) is 28.0 Å². The van der Waals surface area contributed by atoms with Crippen LogP contribution in [0.15, 0.2) is 121 Å². The molecule has 0 saturated heterocycles. The molecule has 178 valence electrons. The summed E-state index contributed by atoms with van der Waals surface area (Å²) in [5, 5.41) is 2.59. The van der Waals surface area contributed by atoms with Crippen LogP contribution in [0.5, 0.6) is 0 Å². The summed E-state index contributed by atoms with van der Waals surface area (Å²) in [4.78, 5) is 4.24. The lowest BCUT2D eigenvalue weighted by atomic mass is 10.1. The van der Waals surface area contributed by atoms with Crippen LogP contribution in [0, 0.1) is 0 Å². The highest BCUT2D eigenvalue weighted by atomic mass is 35.5. The first-order chi connectivity index (χ1) is 17.5. The first-order valence-electron chi connectivity index (χ1n) is 11.2. The van der Waals surface area contributed by atoms with Crippen molar-refractivity contribution in [3.05, 3.63) is 141 Å². The Balaban J connectivity index is 1.69. The molecule has 0 radical (unpaired) electrons. The molecule has 0 bridgehead atoms. The van der Waals surface area contributed by atoms with E-state index >= 15 is 0 Å². The molecule has 0 saturated carbocycles. The quantitative estimate of drug-likeness (QED) is 0.208. The summed E-state index contributed by atoms with van der Waals surface area (Å²) in [7, 11) is 0. The molecule has 0 aromatic heterocycles. The van der Waals surface area contributed by atoms with Crippen molar-refractivity contribution in [2.45, 2.75) is 0 Å². The molecule has 36 heavy (non-hydrogen) atoms. The van der Waals surface area contributed by atoms with Crippen LogP contribution in [0.1, 0.15) is 0 Å². The minimum Gasteiger partial charge on any atom is -0.310 e. The number of benzene rings is 5. The van der Waals surface area contributed by atoms with E-state index in [1.807, 2.05) is 103 Å². The summed E-state index contributed by atoms with van der Waals surface area (Å²) in [5.41, 5.74) is 5.54. The lowest BCUT2D eigenvalue weighted by molar-refractivity contribution is 1.25. The Morgan fingerprint density at radius 3 is 0.778 bits per heavy atom. The van der Waals surface area contributed by atoms with Gasteiger partial charge in [0.2, 0.25) is 0 Å². The van der Waals surface area contributed by atoms with E-state index < -0.39 is 0 Å². The zero-order chi connectivity index (χ0) is 25.1. The fourth-order valence-electron chi connectivity index (χ4n) is 4.13. The lowest BCUT2D eigenvalue weighted by Crippen LogP contribution is -2.13. The molecule has 0 unspecified atom stereocenters. The average Bonchev–Trinajstić information content (AvgIpc) is 2.85. The van der Waals surface area contributed by atoms with Gasteiger partial charge in [-0.2, -0.15) is 0 Å². The van der Waals surface area contributed by atoms with E-state index in [-0.39, 0.29) is 0 Å². The van der Waals surface area contributed by atoms with Crippen molar-refractivity contribution in [3.8, 4) is 0 Å². The zero-order valence-electron chi connectivity index (χ0n) is 19.0. The summed E-state index contributed by atoms with van der Waals surface area (Å²) < 4.78 is 0. The van der Waals surface area contributed by atoms with Gasteiger partial charge < -0.3 is 9.80 Å². The SMILES string of the molecule is Clc1cccc(N(c2cccc(Cl)c2)c2cccc(N(c3cccc(Cl)c3)c3cccc(Cl)c3)c2)c1. The van der Waals surface area contributed by atoms with Crippen LogP contribution in [-0.4, -0.2) is 0 Å². The summed E-state index contributed by atoms with van der Waals surface area (Å²) >= 11 is 25.5. The average molecular weight is 550 g/mol. The molecule has 0 amide bonds. The Morgan fingerprint density at radius 1 is 0.306 bits per heavy atom. The van der Waals surface area contributed by atoms with Crippen molar-refractivity contribution in [1.29, 1.82) is 0 Å². The second-order valence-electron chi connectivity index (χ2n) is 8.11. The molecule has 5 aromatic rings. The predicted molar refractivity (Wildman–Crippen MR) is 156 cm³/mol. The summed E-state index contributed by atoms with van der Waals surface area (Å²) in [5.74, 6) is 0. The van der Waals surface area contributed by atoms with Crippen molar-refractivity contribution in [2.75, 3.05) is 9.80 Å². The highest BCUT2D eigenvalue weighted by Gasteiger charge is 2.18. The molecule has 0 heterocycles. The molecule has 2 nitrogen and oxygen atoms in total. The van der Waals surface area contributed by atoms with Gasteiger partial charge in [0.05, 0.1) is 0 Å². The van der Waals surface area contributed by atoms with E-state index in [9.17, 15) is 0 Å². The van der Waals surface area contributed by atoms with Crippen molar-refractivity contribution < 1.29 is 0 Å². The molecule has 5 aromatic carbocycles. The molecular weight excluding hydrogens is 530 g/mol. The molecule has 5 rings (SSSR count). The molecular formula is C30H20Cl4N2. The van der Waals surface area contributed by atoms with Gasteiger partial charge in [0, 0.05) is 54.2 Å². The van der Waals surface area contributed by atoms with Crippen LogP contribution in [0.4, 0.5) is 34.1 Å². The van der Waals surface area contributed by atoms with Crippen molar-refractivity contribution in [3.63, 3.8) is 0 Å². The monoisotopic (exact) mass is 548 g/mol. The molecule has 6 heteroatoms. The minimum absolute atomic E-state index is 0.648. The van der Waals surface area contributed by atoms with Gasteiger partial charge in [-0.3, -0.25) is 0 Å². The molecule has 0 spiro atoms. The molecule has 0 aliphatic rings. The molecule has 0 aliphatic heterocycles. The van der Waals surface area contributed by atoms with Crippen LogP contribution >= 0.6 is 46.4 Å². The predicted octanol–water partition coefficient (Wildman–Crippen LogP) is 11.2. The van der Waals surface area contributed by atoms with Crippen LogP contribution in [0.2, 0.25) is 20.1 Å². The van der Waals surface area contributed by atoms with Crippen LogP contribution in [-0.2, 0) is 0 Å². The van der Waals surface area contributed by atoms with E-state index in [0.717, 1.165) is 34.1 Å². The van der Waals surface area contributed by atoms with Crippen LogP contribution in [0.25, 0.3) is 0 Å². The fourth-order valence-corrected chi connectivity index (χ4v) is 4.86. The number of hydrogen-bond donors (Lipinski definition) is 0. The van der Waals surface area contributed by atoms with E-state index in [1.54, 1.807) is 0 Å². The lowest BCUT2D eigenvalue weighted by Gasteiger charge is -2.29. The Morgan fingerprint density at radius 2 is 0.528 bits per heavy atom. The van der Waals surface area contributed by atoms with Gasteiger partial charge in [-0.25, -0.2) is 0 Å². The Kier molecular flexibility index (Phi) is 7.41. The van der Waals surface area contributed by atoms with Crippen LogP contribution in [0.3, 0.4) is 0 Å². The smallest absolute Gasteiger partial charge is 0.0482 e. The van der Waals surface area contributed by atoms with Gasteiger partial charge >= 0.3 is 0 Å². The highest BCUT2D eigenvalue weighted by Crippen LogP contribution is 2.41. The number of halogens is 4. The Bertz CT molecular complexity index is 1320. The van der Waals surface area contributed by atoms with Gasteiger partial charge in [-0.15, -0.1) is 0 Å². The zero-order valence-corrected chi connectivity index (χ0v) is 22.0. The van der Waals surface area contributed by atoms with Gasteiger partial charge in [0.1, 0.15) is 0 Å². The first-order valence-corrected chi connectivity index (χ1v) is 12.7. The molecule has 0 atom stereocenters. The maximum atomic E-state index is 6.38. The summed E-state index contributed by atoms with van der Waals surface area (Å²) in [6, 6.07) is 39.2. The third-order valence-electron chi connectivity index (χ3n) is 5.61. The maximum absolute atomic E-state index is 6.38. The highest BCUT2D eigenvalue weighted by molar-refractivity contribution is 6.32. The number of rotatable bonds is 6. The second-order valence-corrected chi connectivity index (χ2v) is 9.86. The first kappa shape index (κ1) is 24.5. The Labute approximate surface area is 230 Å². The minimum atomic E-state index is 0.648. The number of anilines is 6. The second kappa shape index (κ2) is 10.9. The molecule has 0 aliphatic carbocycles. The van der Waals surface area contributed by atoms with E-state index in [1.165, 1.54) is 0 Å². The third kappa shape index (κ3) is 5.48. The maximum Gasteiger partial charge on any atom is 0.0482 e. The third-order valence-corrected chi connectivity index (χ3v) is 6.55. The van der Waals surface area contributed by atoms with E-state index in [0.29, 0.717) is 20.1 Å². The topological polar surface area (TPSA) is 6.48 Å². The van der Waals surface area contributed by atoms with E-state index in [4.69, 9.17) is 46.4 Å². The summed E-state index contributed by atoms with van der Waals surface area (Å²) in [6.45, 7) is 0. The molecule has 0 fully saturated rings. The number of nitrogens with zero attached hydrogens (tertiary/aromatic N) is 2. The fraction of sp³-hybridized carbons (Fsp3) is 0. The molecule has 0 N–H and O–H groups in total. The van der Waals surface area contributed by atoms with Gasteiger partial charge in [-0.1, -0.05) is 76.7 Å². The van der Waals surface area contributed by atoms with Crippen molar-refractivity contribution >= 4 is 80.5 Å². The standard InChI is InChI=1S/C30H20Cl4N2/c31-21-6-1-10-25(16-21)35(26-11-2-7-22(32)17-26)29-14-5-15-30(20-29)36(27-12-3-8-23(33)18-27)28-13-4-9-24(34)19-28/h1-20H. The van der Waals surface area contributed by atoms with Crippen molar-refractivity contribution in [1.82, 2.24) is 0 Å². The van der Waals surface area contributed by atoms with Gasteiger partial charge in [-0.05, 0) is 91.0 Å².